The van der Waals surface area contributed by atoms with Crippen LogP contribution in [0.25, 0.3) is 21.3 Å². The summed E-state index contributed by atoms with van der Waals surface area (Å²) in [5.41, 5.74) is 5.75. The van der Waals surface area contributed by atoms with Crippen LogP contribution in [0.3, 0.4) is 0 Å². The van der Waals surface area contributed by atoms with E-state index in [1.807, 2.05) is 39.0 Å². The van der Waals surface area contributed by atoms with E-state index in [0.29, 0.717) is 34.4 Å². The van der Waals surface area contributed by atoms with Gasteiger partial charge in [0.1, 0.15) is 10.5 Å². The Morgan fingerprint density at radius 1 is 1.18 bits per heavy atom. The summed E-state index contributed by atoms with van der Waals surface area (Å²) >= 11 is 1.05. The minimum atomic E-state index is -0.343. The molecule has 2 aromatic heterocycles. The number of hydrogen-bond donors (Lipinski definition) is 1. The Bertz CT molecular complexity index is 1630. The molecule has 2 aromatic carbocycles. The second-order valence-electron chi connectivity index (χ2n) is 9.15. The number of benzene rings is 2. The van der Waals surface area contributed by atoms with Crippen molar-refractivity contribution >= 4 is 39.1 Å². The fourth-order valence-electron chi connectivity index (χ4n) is 4.50. The van der Waals surface area contributed by atoms with Gasteiger partial charge in [-0.3, -0.25) is 14.4 Å². The van der Waals surface area contributed by atoms with Gasteiger partial charge in [0.2, 0.25) is 5.91 Å². The van der Waals surface area contributed by atoms with E-state index in [1.165, 1.54) is 27.7 Å². The van der Waals surface area contributed by atoms with Crippen LogP contribution < -0.4 is 15.8 Å². The molecule has 2 heterocycles. The molecule has 0 bridgehead atoms. The number of thiazole rings is 1. The van der Waals surface area contributed by atoms with Crippen LogP contribution in [0.15, 0.2) is 54.0 Å². The molecule has 0 aliphatic rings. The number of carbonyl (C=O) groups is 2. The van der Waals surface area contributed by atoms with E-state index < -0.39 is 0 Å². The summed E-state index contributed by atoms with van der Waals surface area (Å²) in [4.78, 5) is 44.0. The normalized spacial score (nSPS) is 11.0. The quantitative estimate of drug-likeness (QED) is 0.343. The summed E-state index contributed by atoms with van der Waals surface area (Å²) < 4.78 is 15.8. The van der Waals surface area contributed by atoms with Gasteiger partial charge in [0, 0.05) is 38.1 Å². The van der Waals surface area contributed by atoms with Crippen LogP contribution in [0.4, 0.5) is 10.1 Å². The van der Waals surface area contributed by atoms with Crippen molar-refractivity contribution in [3.8, 4) is 11.1 Å². The predicted molar refractivity (Wildman–Crippen MR) is 151 cm³/mol. The molecule has 0 aliphatic heterocycles. The number of rotatable bonds is 7. The predicted octanol–water partition coefficient (Wildman–Crippen LogP) is 4.91. The first-order valence-corrected chi connectivity index (χ1v) is 12.9. The van der Waals surface area contributed by atoms with Crippen molar-refractivity contribution < 1.29 is 14.0 Å². The molecule has 0 saturated heterocycles. The summed E-state index contributed by atoms with van der Waals surface area (Å²) in [5.74, 6) is -0.903. The van der Waals surface area contributed by atoms with E-state index in [1.54, 1.807) is 20.3 Å². The van der Waals surface area contributed by atoms with E-state index in [2.05, 4.69) is 16.9 Å². The second kappa shape index (κ2) is 10.7. The van der Waals surface area contributed by atoms with Crippen molar-refractivity contribution in [2.75, 3.05) is 18.5 Å². The molecule has 0 radical (unpaired) electrons. The number of likely N-dealkylation sites (N-methyl/N-ethyl adjacent to an activating group) is 1. The Hall–Kier alpha value is -4.11. The lowest BCUT2D eigenvalue weighted by molar-refractivity contribution is -0.113. The van der Waals surface area contributed by atoms with Crippen LogP contribution in [0.1, 0.15) is 39.0 Å². The van der Waals surface area contributed by atoms with Crippen molar-refractivity contribution in [3.05, 3.63) is 92.6 Å². The van der Waals surface area contributed by atoms with Gasteiger partial charge < -0.3 is 14.8 Å². The van der Waals surface area contributed by atoms with Gasteiger partial charge in [-0.25, -0.2) is 9.37 Å². The lowest BCUT2D eigenvalue weighted by Crippen LogP contribution is -2.23. The molecule has 4 rings (SSSR count). The Labute approximate surface area is 224 Å². The van der Waals surface area contributed by atoms with Gasteiger partial charge in [-0.2, -0.15) is 0 Å². The highest BCUT2D eigenvalue weighted by molar-refractivity contribution is 7.20. The number of pyridine rings is 1. The topological polar surface area (TPSA) is 84.3 Å². The van der Waals surface area contributed by atoms with Gasteiger partial charge in [-0.1, -0.05) is 12.6 Å². The van der Waals surface area contributed by atoms with Gasteiger partial charge in [0.05, 0.1) is 5.52 Å². The average molecular weight is 533 g/mol. The van der Waals surface area contributed by atoms with Crippen LogP contribution in [-0.2, 0) is 18.3 Å². The average Bonchev–Trinajstić information content (AvgIpc) is 3.34. The third-order valence-corrected chi connectivity index (χ3v) is 7.60. The van der Waals surface area contributed by atoms with E-state index in [0.717, 1.165) is 39.2 Å². The van der Waals surface area contributed by atoms with Gasteiger partial charge in [-0.05, 0) is 85.4 Å². The van der Waals surface area contributed by atoms with Gasteiger partial charge in [-0.15, -0.1) is 11.3 Å². The summed E-state index contributed by atoms with van der Waals surface area (Å²) in [5, 5.41) is 2.94. The van der Waals surface area contributed by atoms with Crippen LogP contribution >= 0.6 is 11.3 Å². The maximum Gasteiger partial charge on any atom is 0.280 e. The number of fused-ring (bicyclic) bond motifs is 1. The zero-order chi connectivity index (χ0) is 27.7. The van der Waals surface area contributed by atoms with E-state index >= 15 is 0 Å². The molecule has 0 fully saturated rings. The van der Waals surface area contributed by atoms with Crippen molar-refractivity contribution in [3.63, 3.8) is 0 Å². The minimum absolute atomic E-state index is 0.202. The molecule has 1 N–H and O–H groups in total. The maximum atomic E-state index is 14.0. The fourth-order valence-corrected chi connectivity index (χ4v) is 5.48. The number of anilines is 1. The molecule has 0 spiro atoms. The van der Waals surface area contributed by atoms with E-state index in [4.69, 9.17) is 0 Å². The van der Waals surface area contributed by atoms with E-state index in [9.17, 15) is 18.8 Å². The molecular weight excluding hydrogens is 503 g/mol. The van der Waals surface area contributed by atoms with Crippen LogP contribution in [-0.4, -0.2) is 35.0 Å². The first kappa shape index (κ1) is 26.9. The summed E-state index contributed by atoms with van der Waals surface area (Å²) in [6, 6.07) is 8.66. The zero-order valence-electron chi connectivity index (χ0n) is 22.0. The van der Waals surface area contributed by atoms with Crippen LogP contribution in [0.5, 0.6) is 0 Å². The van der Waals surface area contributed by atoms with Gasteiger partial charge >= 0.3 is 0 Å². The van der Waals surface area contributed by atoms with Crippen molar-refractivity contribution in [2.24, 2.45) is 7.05 Å². The molecule has 196 valence electrons. The number of nitrogens with zero attached hydrogens (tertiary/aromatic N) is 3. The van der Waals surface area contributed by atoms with Crippen LogP contribution in [0, 0.1) is 19.7 Å². The maximum absolute atomic E-state index is 14.0. The molecule has 0 unspecified atom stereocenters. The molecule has 0 atom stereocenters. The monoisotopic (exact) mass is 532 g/mol. The number of hydrogen-bond acceptors (Lipinski definition) is 5. The summed E-state index contributed by atoms with van der Waals surface area (Å²) in [7, 11) is 3.31. The van der Waals surface area contributed by atoms with Crippen molar-refractivity contribution in [1.82, 2.24) is 14.9 Å². The van der Waals surface area contributed by atoms with Gasteiger partial charge in [0.15, 0.2) is 5.01 Å². The molecule has 7 nitrogen and oxygen atoms in total. The second-order valence-corrected chi connectivity index (χ2v) is 10.2. The first-order valence-electron chi connectivity index (χ1n) is 12.1. The third kappa shape index (κ3) is 5.02. The largest absolute Gasteiger partial charge is 0.350 e. The molecular formula is C29H29FN4O3S. The van der Waals surface area contributed by atoms with Crippen molar-refractivity contribution in [1.29, 1.82) is 0 Å². The first-order chi connectivity index (χ1) is 18.0. The molecule has 0 aliphatic carbocycles. The van der Waals surface area contributed by atoms with Crippen molar-refractivity contribution in [2.45, 2.75) is 27.2 Å². The lowest BCUT2D eigenvalue weighted by Gasteiger charge is -2.20. The smallest absolute Gasteiger partial charge is 0.280 e. The SMILES string of the molecule is C=CC(=O)N(C)c1ccc(Cc2c(C)cc(F)cc2C)c(-c2cn(C)c(=O)c3sc(C(=O)NCC)nc23)c1. The highest BCUT2D eigenvalue weighted by atomic mass is 32.1. The molecule has 38 heavy (non-hydrogen) atoms. The number of aromatic nitrogens is 2. The molecule has 4 aromatic rings. The Balaban J connectivity index is 2.00. The third-order valence-electron chi connectivity index (χ3n) is 6.56. The Morgan fingerprint density at radius 3 is 2.50 bits per heavy atom. The minimum Gasteiger partial charge on any atom is -0.350 e. The van der Waals surface area contributed by atoms with Gasteiger partial charge in [0.25, 0.3) is 11.5 Å². The van der Waals surface area contributed by atoms with E-state index in [-0.39, 0.29) is 28.2 Å². The fraction of sp³-hybridized carbons (Fsp3) is 0.241. The molecule has 0 saturated carbocycles. The Morgan fingerprint density at radius 2 is 1.87 bits per heavy atom. The highest BCUT2D eigenvalue weighted by Gasteiger charge is 2.21. The standard InChI is InChI=1S/C29H29FN4O3S/c1-7-24(35)34(6)20-10-9-18(13-21-16(3)11-19(30)12-17(21)4)22(14-20)23-15-33(5)29(37)26-25(23)32-28(38-26)27(36)31-8-2/h7,9-12,14-15H,1,8,13H2,2-6H3,(H,31,36). The number of nitrogens with one attached hydrogen (secondary N) is 1. The number of amides is 2. The number of carbonyl (C=O) groups excluding carboxylic acids is 2. The molecule has 2 amide bonds. The van der Waals surface area contributed by atoms with Crippen LogP contribution in [0.2, 0.25) is 0 Å². The zero-order valence-corrected chi connectivity index (χ0v) is 22.8. The summed E-state index contributed by atoms with van der Waals surface area (Å²) in [6.07, 6.45) is 3.43. The Kier molecular flexibility index (Phi) is 7.59. The molecule has 9 heteroatoms. The number of aryl methyl sites for hydroxylation is 3. The summed E-state index contributed by atoms with van der Waals surface area (Å²) in [6.45, 7) is 9.58. The highest BCUT2D eigenvalue weighted by Crippen LogP contribution is 2.36. The lowest BCUT2D eigenvalue weighted by atomic mass is 9.90. The number of halogens is 1.